The van der Waals surface area contributed by atoms with Crippen LogP contribution in [0.4, 0.5) is 18.9 Å². The minimum Gasteiger partial charge on any atom is -0.312 e. The number of carbonyl (C=O) groups excluding carboxylic acids is 1. The summed E-state index contributed by atoms with van der Waals surface area (Å²) in [7, 11) is -3.95. The summed E-state index contributed by atoms with van der Waals surface area (Å²) in [6, 6.07) is 8.71. The van der Waals surface area contributed by atoms with Crippen LogP contribution in [0.25, 0.3) is 0 Å². The van der Waals surface area contributed by atoms with Gasteiger partial charge in [-0.05, 0) is 54.8 Å². The van der Waals surface area contributed by atoms with E-state index in [-0.39, 0.29) is 17.3 Å². The maximum absolute atomic E-state index is 12.6. The van der Waals surface area contributed by atoms with Crippen LogP contribution in [-0.4, -0.2) is 20.9 Å². The highest BCUT2D eigenvalue weighted by molar-refractivity contribution is 7.89. The van der Waals surface area contributed by atoms with Gasteiger partial charge in [0.05, 0.1) is 10.5 Å². The molecule has 0 atom stereocenters. The molecule has 1 amide bonds. The number of sulfonamides is 1. The molecule has 1 heterocycles. The molecule has 0 fully saturated rings. The number of nitrogens with zero attached hydrogens (tertiary/aromatic N) is 1. The molecule has 150 valence electrons. The van der Waals surface area contributed by atoms with Crippen molar-refractivity contribution in [2.75, 3.05) is 11.4 Å². The van der Waals surface area contributed by atoms with Crippen LogP contribution in [0, 0.1) is 0 Å². The molecule has 0 aliphatic carbocycles. The topological polar surface area (TPSA) is 66.5 Å². The first-order valence-corrected chi connectivity index (χ1v) is 10.2. The Morgan fingerprint density at radius 2 is 1.75 bits per heavy atom. The summed E-state index contributed by atoms with van der Waals surface area (Å²) in [6.07, 6.45) is -3.53. The van der Waals surface area contributed by atoms with Crippen LogP contribution < -0.4 is 9.62 Å². The summed E-state index contributed by atoms with van der Waals surface area (Å²) in [6.45, 7) is 2.45. The highest BCUT2D eigenvalue weighted by atomic mass is 32.2. The molecule has 0 spiro atoms. The van der Waals surface area contributed by atoms with E-state index in [1.54, 1.807) is 17.0 Å². The molecular formula is C19H19F3N2O3S. The van der Waals surface area contributed by atoms with Crippen LogP contribution in [-0.2, 0) is 34.0 Å². The number of benzene rings is 2. The number of amides is 1. The fourth-order valence-corrected chi connectivity index (χ4v) is 4.17. The van der Waals surface area contributed by atoms with Gasteiger partial charge in [-0.2, -0.15) is 13.2 Å². The Balaban J connectivity index is 1.74. The fourth-order valence-electron chi connectivity index (χ4n) is 3.15. The Bertz CT molecular complexity index is 986. The lowest BCUT2D eigenvalue weighted by Crippen LogP contribution is -2.34. The number of hydrogen-bond donors (Lipinski definition) is 1. The first-order valence-electron chi connectivity index (χ1n) is 8.71. The molecule has 3 rings (SSSR count). The van der Waals surface area contributed by atoms with E-state index < -0.39 is 21.8 Å². The van der Waals surface area contributed by atoms with E-state index in [2.05, 4.69) is 4.72 Å². The largest absolute Gasteiger partial charge is 0.416 e. The fraction of sp³-hybridized carbons (Fsp3) is 0.316. The van der Waals surface area contributed by atoms with Crippen LogP contribution in [0.3, 0.4) is 0 Å². The zero-order valence-electron chi connectivity index (χ0n) is 15.1. The number of aryl methyl sites for hydroxylation is 1. The Morgan fingerprint density at radius 3 is 2.36 bits per heavy atom. The molecule has 0 saturated carbocycles. The molecule has 1 aliphatic heterocycles. The number of fused-ring (bicyclic) bond motifs is 1. The van der Waals surface area contributed by atoms with Crippen molar-refractivity contribution in [3.05, 3.63) is 59.2 Å². The van der Waals surface area contributed by atoms with Gasteiger partial charge in [-0.1, -0.05) is 12.1 Å². The quantitative estimate of drug-likeness (QED) is 0.818. The first-order chi connectivity index (χ1) is 13.1. The molecular weight excluding hydrogens is 393 g/mol. The zero-order valence-corrected chi connectivity index (χ0v) is 15.9. The average Bonchev–Trinajstić information content (AvgIpc) is 2.66. The number of nitrogens with one attached hydrogen (secondary N) is 1. The summed E-state index contributed by atoms with van der Waals surface area (Å²) >= 11 is 0. The van der Waals surface area contributed by atoms with E-state index in [0.717, 1.165) is 35.5 Å². The standard InChI is InChI=1S/C19H19F3N2O3S/c1-2-24-17-9-3-13(11-14(17)4-10-18(24)25)12-23-28(26,27)16-7-5-15(6-8-16)19(20,21)22/h3,5-9,11,23H,2,4,10,12H2,1H3. The number of carbonyl (C=O) groups is 1. The highest BCUT2D eigenvalue weighted by Gasteiger charge is 2.30. The van der Waals surface area contributed by atoms with Gasteiger partial charge in [0, 0.05) is 25.2 Å². The van der Waals surface area contributed by atoms with E-state index in [1.807, 2.05) is 13.0 Å². The first kappa shape index (κ1) is 20.3. The van der Waals surface area contributed by atoms with Crippen LogP contribution in [0.1, 0.15) is 30.0 Å². The third-order valence-corrected chi connectivity index (χ3v) is 6.04. The Kier molecular flexibility index (Phi) is 5.49. The van der Waals surface area contributed by atoms with E-state index in [4.69, 9.17) is 0 Å². The second-order valence-corrected chi connectivity index (χ2v) is 8.21. The highest BCUT2D eigenvalue weighted by Crippen LogP contribution is 2.30. The van der Waals surface area contributed by atoms with Crippen molar-refractivity contribution in [2.45, 2.75) is 37.4 Å². The van der Waals surface area contributed by atoms with Crippen molar-refractivity contribution in [1.82, 2.24) is 4.72 Å². The second kappa shape index (κ2) is 7.56. The Hall–Kier alpha value is -2.39. The van der Waals surface area contributed by atoms with Crippen molar-refractivity contribution < 1.29 is 26.4 Å². The maximum atomic E-state index is 12.6. The van der Waals surface area contributed by atoms with Gasteiger partial charge in [0.15, 0.2) is 0 Å². The Morgan fingerprint density at radius 1 is 1.07 bits per heavy atom. The monoisotopic (exact) mass is 412 g/mol. The number of rotatable bonds is 5. The molecule has 1 aliphatic rings. The van der Waals surface area contributed by atoms with Gasteiger partial charge in [-0.15, -0.1) is 0 Å². The van der Waals surface area contributed by atoms with Crippen LogP contribution >= 0.6 is 0 Å². The molecule has 9 heteroatoms. The maximum Gasteiger partial charge on any atom is 0.416 e. The molecule has 2 aromatic carbocycles. The predicted molar refractivity (Wildman–Crippen MR) is 98.3 cm³/mol. The zero-order chi connectivity index (χ0) is 20.5. The lowest BCUT2D eigenvalue weighted by atomic mass is 9.99. The predicted octanol–water partition coefficient (Wildman–Crippen LogP) is 3.48. The SMILES string of the molecule is CCN1C(=O)CCc2cc(CNS(=O)(=O)c3ccc(C(F)(F)F)cc3)ccc21. The van der Waals surface area contributed by atoms with Crippen LogP contribution in [0.2, 0.25) is 0 Å². The van der Waals surface area contributed by atoms with Gasteiger partial charge in [0.1, 0.15) is 0 Å². The van der Waals surface area contributed by atoms with Gasteiger partial charge in [-0.25, -0.2) is 13.1 Å². The number of alkyl halides is 3. The molecule has 2 aromatic rings. The molecule has 5 nitrogen and oxygen atoms in total. The summed E-state index contributed by atoms with van der Waals surface area (Å²) in [5.74, 6) is 0.0609. The minimum absolute atomic E-state index is 0.00327. The lowest BCUT2D eigenvalue weighted by molar-refractivity contribution is -0.137. The summed E-state index contributed by atoms with van der Waals surface area (Å²) in [5.41, 5.74) is 1.59. The summed E-state index contributed by atoms with van der Waals surface area (Å²) < 4.78 is 64.9. The molecule has 0 radical (unpaired) electrons. The van der Waals surface area contributed by atoms with Crippen LogP contribution in [0.15, 0.2) is 47.4 Å². The molecule has 0 aromatic heterocycles. The minimum atomic E-state index is -4.52. The third-order valence-electron chi connectivity index (χ3n) is 4.62. The molecule has 0 saturated heterocycles. The number of hydrogen-bond acceptors (Lipinski definition) is 3. The van der Waals surface area contributed by atoms with Crippen molar-refractivity contribution in [3.8, 4) is 0 Å². The van der Waals surface area contributed by atoms with E-state index in [0.29, 0.717) is 24.9 Å². The summed E-state index contributed by atoms with van der Waals surface area (Å²) in [5, 5.41) is 0. The average molecular weight is 412 g/mol. The van der Waals surface area contributed by atoms with Crippen molar-refractivity contribution in [1.29, 1.82) is 0 Å². The van der Waals surface area contributed by atoms with Gasteiger partial charge >= 0.3 is 6.18 Å². The number of anilines is 1. The summed E-state index contributed by atoms with van der Waals surface area (Å²) in [4.78, 5) is 13.4. The lowest BCUT2D eigenvalue weighted by Gasteiger charge is -2.28. The third kappa shape index (κ3) is 4.20. The van der Waals surface area contributed by atoms with Gasteiger partial charge < -0.3 is 4.90 Å². The van der Waals surface area contributed by atoms with E-state index in [9.17, 15) is 26.4 Å². The van der Waals surface area contributed by atoms with Crippen molar-refractivity contribution in [2.24, 2.45) is 0 Å². The van der Waals surface area contributed by atoms with Gasteiger partial charge in [0.25, 0.3) is 0 Å². The second-order valence-electron chi connectivity index (χ2n) is 6.45. The molecule has 0 bridgehead atoms. The molecule has 28 heavy (non-hydrogen) atoms. The van der Waals surface area contributed by atoms with Crippen molar-refractivity contribution in [3.63, 3.8) is 0 Å². The molecule has 0 unspecified atom stereocenters. The smallest absolute Gasteiger partial charge is 0.312 e. The van der Waals surface area contributed by atoms with Gasteiger partial charge in [-0.3, -0.25) is 4.79 Å². The molecule has 1 N–H and O–H groups in total. The van der Waals surface area contributed by atoms with Crippen molar-refractivity contribution >= 4 is 21.6 Å². The van der Waals surface area contributed by atoms with Gasteiger partial charge in [0.2, 0.25) is 15.9 Å². The Labute approximate surface area is 161 Å². The van der Waals surface area contributed by atoms with E-state index in [1.165, 1.54) is 0 Å². The van der Waals surface area contributed by atoms with E-state index >= 15 is 0 Å². The normalized spacial score (nSPS) is 14.9. The van der Waals surface area contributed by atoms with Crippen LogP contribution in [0.5, 0.6) is 0 Å². The number of halogens is 3.